The van der Waals surface area contributed by atoms with Crippen molar-refractivity contribution in [1.82, 2.24) is 5.32 Å². The van der Waals surface area contributed by atoms with Crippen molar-refractivity contribution in [3.63, 3.8) is 0 Å². The molecule has 1 aliphatic rings. The van der Waals surface area contributed by atoms with Crippen molar-refractivity contribution in [2.75, 3.05) is 31.7 Å². The maximum atomic E-state index is 12.0. The number of hydrogen-bond acceptors (Lipinski definition) is 4. The van der Waals surface area contributed by atoms with Gasteiger partial charge >= 0.3 is 0 Å². The van der Waals surface area contributed by atoms with Crippen LogP contribution in [-0.4, -0.2) is 43.4 Å². The molecule has 0 saturated carbocycles. The number of amides is 1. The zero-order chi connectivity index (χ0) is 13.5. The average molecular weight is 264 g/mol. The lowest BCUT2D eigenvalue weighted by Crippen LogP contribution is -2.48. The molecule has 5 nitrogen and oxygen atoms in total. The minimum Gasteiger partial charge on any atom is -0.396 e. The van der Waals surface area contributed by atoms with Gasteiger partial charge in [0.1, 0.15) is 6.04 Å². The number of benzene rings is 1. The molecule has 1 aromatic rings. The molecule has 1 atom stereocenters. The summed E-state index contributed by atoms with van der Waals surface area (Å²) in [5, 5.41) is 14.8. The molecule has 0 bridgehead atoms. The van der Waals surface area contributed by atoms with E-state index < -0.39 is 0 Å². The summed E-state index contributed by atoms with van der Waals surface area (Å²) in [6, 6.07) is 7.43. The van der Waals surface area contributed by atoms with Gasteiger partial charge in [-0.2, -0.15) is 0 Å². The van der Waals surface area contributed by atoms with Crippen molar-refractivity contribution in [1.29, 1.82) is 0 Å². The Bertz CT molecular complexity index is 417. The van der Waals surface area contributed by atoms with Crippen molar-refractivity contribution >= 4 is 11.6 Å². The number of morpholine rings is 1. The molecule has 3 N–H and O–H groups in total. The third-order valence-corrected chi connectivity index (χ3v) is 3.06. The highest BCUT2D eigenvalue weighted by molar-refractivity contribution is 5.95. The maximum absolute atomic E-state index is 12.0. The van der Waals surface area contributed by atoms with Crippen LogP contribution in [0.3, 0.4) is 0 Å². The highest BCUT2D eigenvalue weighted by Gasteiger charge is 2.20. The van der Waals surface area contributed by atoms with E-state index >= 15 is 0 Å². The average Bonchev–Trinajstić information content (AvgIpc) is 2.46. The first-order valence-electron chi connectivity index (χ1n) is 6.61. The first-order valence-corrected chi connectivity index (χ1v) is 6.61. The van der Waals surface area contributed by atoms with Gasteiger partial charge in [-0.1, -0.05) is 12.1 Å². The Balaban J connectivity index is 1.92. The summed E-state index contributed by atoms with van der Waals surface area (Å²) in [6.45, 7) is 1.95. The van der Waals surface area contributed by atoms with Gasteiger partial charge in [-0.15, -0.1) is 0 Å². The Kier molecular flexibility index (Phi) is 5.32. The first-order chi connectivity index (χ1) is 9.29. The number of anilines is 1. The molecule has 0 radical (unpaired) electrons. The number of ether oxygens (including phenoxy) is 1. The molecular formula is C14H20N2O3. The Labute approximate surface area is 113 Å². The van der Waals surface area contributed by atoms with Crippen LogP contribution < -0.4 is 10.6 Å². The molecule has 1 saturated heterocycles. The van der Waals surface area contributed by atoms with E-state index in [1.165, 1.54) is 0 Å². The van der Waals surface area contributed by atoms with E-state index in [2.05, 4.69) is 10.6 Å². The second kappa shape index (κ2) is 7.23. The largest absolute Gasteiger partial charge is 0.396 e. The van der Waals surface area contributed by atoms with Crippen LogP contribution in [0.5, 0.6) is 0 Å². The fourth-order valence-corrected chi connectivity index (χ4v) is 2.05. The lowest BCUT2D eigenvalue weighted by atomic mass is 10.1. The predicted octanol–water partition coefficient (Wildman–Crippen LogP) is 0.538. The number of carbonyl (C=O) groups is 1. The Morgan fingerprint density at radius 2 is 2.42 bits per heavy atom. The number of nitrogens with one attached hydrogen (secondary N) is 2. The van der Waals surface area contributed by atoms with Gasteiger partial charge in [0, 0.05) is 18.8 Å². The van der Waals surface area contributed by atoms with E-state index in [1.807, 2.05) is 24.3 Å². The summed E-state index contributed by atoms with van der Waals surface area (Å²) in [5.41, 5.74) is 1.90. The molecular weight excluding hydrogens is 244 g/mol. The summed E-state index contributed by atoms with van der Waals surface area (Å²) in [5.74, 6) is -0.0704. The highest BCUT2D eigenvalue weighted by atomic mass is 16.5. The van der Waals surface area contributed by atoms with Crippen molar-refractivity contribution in [3.05, 3.63) is 29.8 Å². The van der Waals surface area contributed by atoms with E-state index in [0.29, 0.717) is 19.8 Å². The molecule has 1 fully saturated rings. The predicted molar refractivity (Wildman–Crippen MR) is 73.1 cm³/mol. The quantitative estimate of drug-likeness (QED) is 0.726. The van der Waals surface area contributed by atoms with E-state index in [1.54, 1.807) is 0 Å². The standard InChI is InChI=1S/C14H20N2O3/c17-7-2-4-11-3-1-5-12(9-11)16-14(18)13-10-19-8-6-15-13/h1,3,5,9,13,15,17H,2,4,6-8,10H2,(H,16,18). The zero-order valence-electron chi connectivity index (χ0n) is 10.9. The highest BCUT2D eigenvalue weighted by Crippen LogP contribution is 2.13. The molecule has 1 aromatic carbocycles. The molecule has 19 heavy (non-hydrogen) atoms. The second-order valence-corrected chi connectivity index (χ2v) is 4.60. The normalized spacial score (nSPS) is 19.1. The summed E-state index contributed by atoms with van der Waals surface area (Å²) < 4.78 is 5.27. The lowest BCUT2D eigenvalue weighted by Gasteiger charge is -2.23. The molecule has 0 aromatic heterocycles. The lowest BCUT2D eigenvalue weighted by molar-refractivity contribution is -0.120. The number of carbonyl (C=O) groups excluding carboxylic acids is 1. The van der Waals surface area contributed by atoms with Crippen LogP contribution in [0, 0.1) is 0 Å². The third kappa shape index (κ3) is 4.31. The molecule has 1 aliphatic heterocycles. The Hall–Kier alpha value is -1.43. The molecule has 0 aliphatic carbocycles. The van der Waals surface area contributed by atoms with Crippen LogP contribution in [0.4, 0.5) is 5.69 Å². The van der Waals surface area contributed by atoms with Gasteiger partial charge in [0.15, 0.2) is 0 Å². The van der Waals surface area contributed by atoms with E-state index in [9.17, 15) is 4.79 Å². The number of aliphatic hydroxyl groups excluding tert-OH is 1. The molecule has 1 amide bonds. The van der Waals surface area contributed by atoms with Crippen molar-refractivity contribution in [2.24, 2.45) is 0 Å². The molecule has 2 rings (SSSR count). The molecule has 104 valence electrons. The van der Waals surface area contributed by atoms with Gasteiger partial charge in [0.05, 0.1) is 13.2 Å². The van der Waals surface area contributed by atoms with Crippen LogP contribution in [0.25, 0.3) is 0 Å². The van der Waals surface area contributed by atoms with Gasteiger partial charge in [0.2, 0.25) is 5.91 Å². The van der Waals surface area contributed by atoms with Crippen molar-refractivity contribution < 1.29 is 14.6 Å². The van der Waals surface area contributed by atoms with Gasteiger partial charge in [-0.25, -0.2) is 0 Å². The summed E-state index contributed by atoms with van der Waals surface area (Å²) in [6.07, 6.45) is 1.54. The molecule has 5 heteroatoms. The summed E-state index contributed by atoms with van der Waals surface area (Å²) >= 11 is 0. The van der Waals surface area contributed by atoms with Crippen LogP contribution in [0.2, 0.25) is 0 Å². The number of aliphatic hydroxyl groups is 1. The van der Waals surface area contributed by atoms with Gasteiger partial charge in [0.25, 0.3) is 0 Å². The minimum absolute atomic E-state index is 0.0704. The van der Waals surface area contributed by atoms with Gasteiger partial charge in [-0.3, -0.25) is 4.79 Å². The smallest absolute Gasteiger partial charge is 0.243 e. The summed E-state index contributed by atoms with van der Waals surface area (Å²) in [7, 11) is 0. The SMILES string of the molecule is O=C(Nc1cccc(CCCO)c1)C1COCCN1. The van der Waals surface area contributed by atoms with E-state index in [4.69, 9.17) is 9.84 Å². The molecule has 0 spiro atoms. The van der Waals surface area contributed by atoms with Crippen LogP contribution in [0.1, 0.15) is 12.0 Å². The zero-order valence-corrected chi connectivity index (χ0v) is 10.9. The van der Waals surface area contributed by atoms with Gasteiger partial charge in [-0.05, 0) is 30.5 Å². The second-order valence-electron chi connectivity index (χ2n) is 4.60. The minimum atomic E-state index is -0.283. The number of hydrogen-bond donors (Lipinski definition) is 3. The number of rotatable bonds is 5. The van der Waals surface area contributed by atoms with Crippen LogP contribution >= 0.6 is 0 Å². The van der Waals surface area contributed by atoms with Crippen molar-refractivity contribution in [2.45, 2.75) is 18.9 Å². The maximum Gasteiger partial charge on any atom is 0.243 e. The van der Waals surface area contributed by atoms with Crippen LogP contribution in [-0.2, 0) is 16.0 Å². The van der Waals surface area contributed by atoms with Crippen molar-refractivity contribution in [3.8, 4) is 0 Å². The monoisotopic (exact) mass is 264 g/mol. The fourth-order valence-electron chi connectivity index (χ4n) is 2.05. The third-order valence-electron chi connectivity index (χ3n) is 3.06. The fraction of sp³-hybridized carbons (Fsp3) is 0.500. The van der Waals surface area contributed by atoms with E-state index in [0.717, 1.165) is 24.1 Å². The Morgan fingerprint density at radius 3 is 3.16 bits per heavy atom. The Morgan fingerprint density at radius 1 is 1.53 bits per heavy atom. The topological polar surface area (TPSA) is 70.6 Å². The van der Waals surface area contributed by atoms with E-state index in [-0.39, 0.29) is 18.6 Å². The first kappa shape index (κ1) is 14.0. The number of aryl methyl sites for hydroxylation is 1. The molecule has 1 heterocycles. The molecule has 1 unspecified atom stereocenters. The van der Waals surface area contributed by atoms with Crippen LogP contribution in [0.15, 0.2) is 24.3 Å². The van der Waals surface area contributed by atoms with Gasteiger partial charge < -0.3 is 20.5 Å². The summed E-state index contributed by atoms with van der Waals surface area (Å²) in [4.78, 5) is 12.0.